The summed E-state index contributed by atoms with van der Waals surface area (Å²) in [5, 5.41) is 6.59. The van der Waals surface area contributed by atoms with Gasteiger partial charge in [0.25, 0.3) is 5.91 Å². The molecule has 0 atom stereocenters. The number of aromatic nitrogens is 1. The van der Waals surface area contributed by atoms with Crippen molar-refractivity contribution in [3.05, 3.63) is 60.3 Å². The highest BCUT2D eigenvalue weighted by molar-refractivity contribution is 6.03. The fourth-order valence-corrected chi connectivity index (χ4v) is 2.36. The van der Waals surface area contributed by atoms with Crippen molar-refractivity contribution in [2.45, 2.75) is 6.92 Å². The lowest BCUT2D eigenvalue weighted by atomic mass is 10.1. The second kappa shape index (κ2) is 9.43. The Labute approximate surface area is 168 Å². The number of benzene rings is 2. The molecule has 0 bridgehead atoms. The van der Waals surface area contributed by atoms with Crippen molar-refractivity contribution < 1.29 is 14.1 Å². The van der Waals surface area contributed by atoms with Gasteiger partial charge in [-0.1, -0.05) is 5.16 Å². The molecule has 0 unspecified atom stereocenters. The summed E-state index contributed by atoms with van der Waals surface area (Å²) in [5.74, 6) is 0.813. The molecule has 1 heterocycles. The number of hydrogen-bond acceptors (Lipinski definition) is 5. The van der Waals surface area contributed by atoms with E-state index in [2.05, 4.69) is 15.5 Å². The summed E-state index contributed by atoms with van der Waals surface area (Å²) in [6.07, 6.45) is 0. The van der Waals surface area contributed by atoms with Gasteiger partial charge in [0.2, 0.25) is 0 Å². The van der Waals surface area contributed by atoms with Crippen molar-refractivity contribution in [3.63, 3.8) is 0 Å². The molecule has 28 heavy (non-hydrogen) atoms. The van der Waals surface area contributed by atoms with Crippen molar-refractivity contribution in [1.82, 2.24) is 5.16 Å². The highest BCUT2D eigenvalue weighted by Gasteiger charge is 2.14. The minimum Gasteiger partial charge on any atom is -0.494 e. The monoisotopic (exact) mass is 401 g/mol. The number of nitrogens with zero attached hydrogens (tertiary/aromatic N) is 2. The van der Waals surface area contributed by atoms with E-state index >= 15 is 0 Å². The van der Waals surface area contributed by atoms with E-state index in [-0.39, 0.29) is 30.0 Å². The van der Waals surface area contributed by atoms with Gasteiger partial charge in [0.15, 0.2) is 17.4 Å². The molecule has 0 saturated heterocycles. The smallest absolute Gasteiger partial charge is 0.277 e. The Kier molecular flexibility index (Phi) is 7.00. The van der Waals surface area contributed by atoms with Crippen molar-refractivity contribution in [1.29, 1.82) is 0 Å². The Morgan fingerprint density at radius 3 is 2.43 bits per heavy atom. The van der Waals surface area contributed by atoms with E-state index in [1.54, 1.807) is 54.6 Å². The first-order chi connectivity index (χ1) is 13.0. The number of carbonyl (C=O) groups is 1. The molecule has 0 fully saturated rings. The molecule has 1 aromatic heterocycles. The van der Waals surface area contributed by atoms with Gasteiger partial charge in [-0.05, 0) is 55.5 Å². The lowest BCUT2D eigenvalue weighted by Crippen LogP contribution is -2.21. The largest absolute Gasteiger partial charge is 0.494 e. The van der Waals surface area contributed by atoms with E-state index in [9.17, 15) is 4.79 Å². The van der Waals surface area contributed by atoms with E-state index in [1.165, 1.54) is 0 Å². The maximum Gasteiger partial charge on any atom is 0.277 e. The normalized spacial score (nSPS) is 9.89. The van der Waals surface area contributed by atoms with Gasteiger partial charge in [-0.3, -0.25) is 4.79 Å². The number of amides is 1. The summed E-state index contributed by atoms with van der Waals surface area (Å²) in [6, 6.07) is 15.7. The number of aliphatic imine (C=N–C) groups is 1. The summed E-state index contributed by atoms with van der Waals surface area (Å²) < 4.78 is 10.6. The second-order valence-electron chi connectivity index (χ2n) is 5.57. The lowest BCUT2D eigenvalue weighted by molar-refractivity contribution is 0.101. The molecule has 0 aliphatic carbocycles. The zero-order valence-electron chi connectivity index (χ0n) is 15.1. The summed E-state index contributed by atoms with van der Waals surface area (Å²) in [7, 11) is 0. The van der Waals surface area contributed by atoms with Crippen LogP contribution in [0.15, 0.2) is 64.1 Å². The zero-order valence-corrected chi connectivity index (χ0v) is 15.9. The van der Waals surface area contributed by atoms with Gasteiger partial charge in [-0.2, -0.15) is 0 Å². The van der Waals surface area contributed by atoms with Crippen LogP contribution in [0.2, 0.25) is 0 Å². The molecule has 0 aliphatic rings. The maximum absolute atomic E-state index is 12.3. The first-order valence-corrected chi connectivity index (χ1v) is 8.26. The number of nitrogens with one attached hydrogen (secondary N) is 1. The van der Waals surface area contributed by atoms with Crippen LogP contribution in [0, 0.1) is 0 Å². The van der Waals surface area contributed by atoms with Gasteiger partial charge < -0.3 is 26.0 Å². The first-order valence-electron chi connectivity index (χ1n) is 8.26. The number of hydrogen-bond donors (Lipinski definition) is 3. The van der Waals surface area contributed by atoms with Crippen molar-refractivity contribution in [2.24, 2.45) is 16.5 Å². The summed E-state index contributed by atoms with van der Waals surface area (Å²) in [6.45, 7) is 2.49. The number of rotatable bonds is 6. The predicted molar refractivity (Wildman–Crippen MR) is 110 cm³/mol. The van der Waals surface area contributed by atoms with Gasteiger partial charge in [0.05, 0.1) is 12.3 Å². The number of nitrogens with two attached hydrogens (primary N) is 2. The lowest BCUT2D eigenvalue weighted by Gasteiger charge is -2.05. The fourth-order valence-electron chi connectivity index (χ4n) is 2.36. The van der Waals surface area contributed by atoms with Crippen LogP contribution in [0.1, 0.15) is 17.4 Å². The topological polar surface area (TPSA) is 129 Å². The Balaban J connectivity index is 0.00000280. The highest BCUT2D eigenvalue weighted by Crippen LogP contribution is 2.24. The van der Waals surface area contributed by atoms with Crippen LogP contribution < -0.4 is 21.5 Å². The van der Waals surface area contributed by atoms with Crippen molar-refractivity contribution >= 4 is 35.6 Å². The molecular formula is C19H20ClN5O3. The highest BCUT2D eigenvalue weighted by atomic mass is 35.5. The minimum atomic E-state index is -0.369. The van der Waals surface area contributed by atoms with Crippen LogP contribution in [-0.2, 0) is 0 Å². The minimum absolute atomic E-state index is 0. The van der Waals surface area contributed by atoms with Crippen LogP contribution in [0.25, 0.3) is 11.3 Å². The number of ether oxygens (including phenoxy) is 1. The molecule has 0 saturated carbocycles. The number of halogens is 1. The molecule has 0 radical (unpaired) electrons. The number of guanidine groups is 1. The molecule has 8 nitrogen and oxygen atoms in total. The zero-order chi connectivity index (χ0) is 19.2. The molecule has 2 aromatic carbocycles. The van der Waals surface area contributed by atoms with E-state index in [0.717, 1.165) is 11.3 Å². The van der Waals surface area contributed by atoms with E-state index in [4.69, 9.17) is 20.7 Å². The summed E-state index contributed by atoms with van der Waals surface area (Å²) in [5.41, 5.74) is 12.9. The molecule has 3 aromatic rings. The Bertz CT molecular complexity index is 948. The van der Waals surface area contributed by atoms with Gasteiger partial charge in [-0.15, -0.1) is 12.4 Å². The van der Waals surface area contributed by atoms with Crippen LogP contribution >= 0.6 is 12.4 Å². The standard InChI is InChI=1S/C19H19N5O3.ClH/c1-2-26-15-9-7-13(8-10-15)22-18(25)16-11-17(27-24-16)12-3-5-14(6-4-12)23-19(20)21;/h3-11H,2H2,1H3,(H,22,25)(H4,20,21,23);1H. The predicted octanol–water partition coefficient (Wildman–Crippen LogP) is 3.32. The molecule has 1 amide bonds. The molecule has 0 aliphatic heterocycles. The number of carbonyl (C=O) groups excluding carboxylic acids is 1. The van der Waals surface area contributed by atoms with E-state index < -0.39 is 0 Å². The van der Waals surface area contributed by atoms with Gasteiger partial charge >= 0.3 is 0 Å². The first kappa shape index (κ1) is 20.8. The van der Waals surface area contributed by atoms with Crippen LogP contribution in [0.5, 0.6) is 5.75 Å². The van der Waals surface area contributed by atoms with Gasteiger partial charge in [-0.25, -0.2) is 4.99 Å². The van der Waals surface area contributed by atoms with Crippen LogP contribution in [-0.4, -0.2) is 23.6 Å². The average molecular weight is 402 g/mol. The molecule has 0 spiro atoms. The van der Waals surface area contributed by atoms with Crippen LogP contribution in [0.4, 0.5) is 11.4 Å². The summed E-state index contributed by atoms with van der Waals surface area (Å²) >= 11 is 0. The fraction of sp³-hybridized carbons (Fsp3) is 0.105. The molecule has 9 heteroatoms. The Morgan fingerprint density at radius 2 is 1.82 bits per heavy atom. The third kappa shape index (κ3) is 5.24. The van der Waals surface area contributed by atoms with E-state index in [0.29, 0.717) is 23.7 Å². The second-order valence-corrected chi connectivity index (χ2v) is 5.57. The average Bonchev–Trinajstić information content (AvgIpc) is 3.14. The molecule has 146 valence electrons. The third-order valence-electron chi connectivity index (χ3n) is 3.58. The molecule has 3 rings (SSSR count). The molecule has 5 N–H and O–H groups in total. The van der Waals surface area contributed by atoms with Gasteiger partial charge in [0, 0.05) is 17.3 Å². The van der Waals surface area contributed by atoms with Crippen molar-refractivity contribution in [2.75, 3.05) is 11.9 Å². The van der Waals surface area contributed by atoms with Crippen LogP contribution in [0.3, 0.4) is 0 Å². The van der Waals surface area contributed by atoms with Gasteiger partial charge in [0.1, 0.15) is 5.75 Å². The Morgan fingerprint density at radius 1 is 1.14 bits per heavy atom. The van der Waals surface area contributed by atoms with E-state index in [1.807, 2.05) is 6.92 Å². The summed E-state index contributed by atoms with van der Waals surface area (Å²) in [4.78, 5) is 16.3. The Hall–Kier alpha value is -3.52. The third-order valence-corrected chi connectivity index (χ3v) is 3.58. The molecular weight excluding hydrogens is 382 g/mol. The maximum atomic E-state index is 12.3. The quantitative estimate of drug-likeness (QED) is 0.429. The SMILES string of the molecule is CCOc1ccc(NC(=O)c2cc(-c3ccc(N=C(N)N)cc3)on2)cc1.Cl. The van der Waals surface area contributed by atoms with Crippen molar-refractivity contribution in [3.8, 4) is 17.1 Å². The number of anilines is 1.